The van der Waals surface area contributed by atoms with Gasteiger partial charge in [-0.25, -0.2) is 4.90 Å². The normalized spacial score (nSPS) is 12.5. The van der Waals surface area contributed by atoms with Crippen molar-refractivity contribution in [1.82, 2.24) is 5.32 Å². The zero-order valence-electron chi connectivity index (χ0n) is 17.0. The summed E-state index contributed by atoms with van der Waals surface area (Å²) in [5.74, 6) is 0.182. The SMILES string of the molecule is COc1ccc(CNC(=O)c2ccc(N3C(=O)c4ccccc4C3=O)cc2)cc1OC. The zero-order chi connectivity index (χ0) is 22.0. The molecule has 1 N–H and O–H groups in total. The molecule has 1 aliphatic heterocycles. The third kappa shape index (κ3) is 3.73. The van der Waals surface area contributed by atoms with E-state index in [1.54, 1.807) is 74.9 Å². The molecule has 156 valence electrons. The van der Waals surface area contributed by atoms with Crippen molar-refractivity contribution in [1.29, 1.82) is 0 Å². The van der Waals surface area contributed by atoms with Crippen molar-refractivity contribution in [3.63, 3.8) is 0 Å². The average Bonchev–Trinajstić information content (AvgIpc) is 3.07. The van der Waals surface area contributed by atoms with E-state index in [0.717, 1.165) is 10.5 Å². The Hall–Kier alpha value is -4.13. The summed E-state index contributed by atoms with van der Waals surface area (Å²) in [6, 6.07) is 18.5. The number of ether oxygens (including phenoxy) is 2. The maximum Gasteiger partial charge on any atom is 0.266 e. The third-order valence-corrected chi connectivity index (χ3v) is 5.08. The highest BCUT2D eigenvalue weighted by molar-refractivity contribution is 6.34. The maximum absolute atomic E-state index is 12.6. The van der Waals surface area contributed by atoms with Gasteiger partial charge in [-0.15, -0.1) is 0 Å². The van der Waals surface area contributed by atoms with Gasteiger partial charge in [0.15, 0.2) is 11.5 Å². The van der Waals surface area contributed by atoms with Gasteiger partial charge < -0.3 is 14.8 Å². The van der Waals surface area contributed by atoms with Crippen LogP contribution in [-0.2, 0) is 6.54 Å². The van der Waals surface area contributed by atoms with Crippen LogP contribution in [0.3, 0.4) is 0 Å². The Morgan fingerprint density at radius 2 is 1.45 bits per heavy atom. The quantitative estimate of drug-likeness (QED) is 0.623. The van der Waals surface area contributed by atoms with Crippen LogP contribution in [0.25, 0.3) is 0 Å². The highest BCUT2D eigenvalue weighted by Crippen LogP contribution is 2.29. The number of carbonyl (C=O) groups is 3. The molecule has 3 aromatic rings. The second-order valence-corrected chi connectivity index (χ2v) is 6.91. The summed E-state index contributed by atoms with van der Waals surface area (Å²) in [6.07, 6.45) is 0. The Kier molecular flexibility index (Phi) is 5.41. The molecule has 0 saturated carbocycles. The summed E-state index contributed by atoms with van der Waals surface area (Å²) in [6.45, 7) is 0.305. The van der Waals surface area contributed by atoms with Crippen molar-refractivity contribution in [2.75, 3.05) is 19.1 Å². The molecule has 3 aromatic carbocycles. The van der Waals surface area contributed by atoms with Crippen LogP contribution in [0.2, 0.25) is 0 Å². The molecule has 3 amide bonds. The molecule has 1 heterocycles. The second-order valence-electron chi connectivity index (χ2n) is 6.91. The van der Waals surface area contributed by atoms with Crippen LogP contribution in [0.1, 0.15) is 36.6 Å². The van der Waals surface area contributed by atoms with E-state index in [4.69, 9.17) is 9.47 Å². The summed E-state index contributed by atoms with van der Waals surface area (Å²) in [5.41, 5.74) is 2.45. The van der Waals surface area contributed by atoms with Gasteiger partial charge in [0.05, 0.1) is 31.0 Å². The van der Waals surface area contributed by atoms with E-state index >= 15 is 0 Å². The molecule has 0 aliphatic carbocycles. The largest absolute Gasteiger partial charge is 0.493 e. The maximum atomic E-state index is 12.6. The Bertz CT molecular complexity index is 1140. The molecule has 0 atom stereocenters. The van der Waals surface area contributed by atoms with Crippen LogP contribution in [0.4, 0.5) is 5.69 Å². The standard InChI is InChI=1S/C24H20N2O5/c1-30-20-12-7-15(13-21(20)31-2)14-25-22(27)16-8-10-17(11-9-16)26-23(28)18-5-3-4-6-19(18)24(26)29/h3-13H,14H2,1-2H3,(H,25,27). The predicted molar refractivity (Wildman–Crippen MR) is 115 cm³/mol. The molecule has 0 saturated heterocycles. The first-order valence-corrected chi connectivity index (χ1v) is 9.60. The van der Waals surface area contributed by atoms with Crippen LogP contribution in [-0.4, -0.2) is 31.9 Å². The summed E-state index contributed by atoms with van der Waals surface area (Å²) < 4.78 is 10.5. The number of amides is 3. The topological polar surface area (TPSA) is 84.9 Å². The van der Waals surface area contributed by atoms with Crippen LogP contribution in [0, 0.1) is 0 Å². The Morgan fingerprint density at radius 1 is 0.839 bits per heavy atom. The first-order valence-electron chi connectivity index (χ1n) is 9.60. The zero-order valence-corrected chi connectivity index (χ0v) is 17.0. The van der Waals surface area contributed by atoms with Gasteiger partial charge in [0, 0.05) is 12.1 Å². The van der Waals surface area contributed by atoms with Crippen LogP contribution >= 0.6 is 0 Å². The van der Waals surface area contributed by atoms with Gasteiger partial charge in [-0.2, -0.15) is 0 Å². The van der Waals surface area contributed by atoms with Gasteiger partial charge in [0.1, 0.15) is 0 Å². The lowest BCUT2D eigenvalue weighted by atomic mass is 10.1. The minimum absolute atomic E-state index is 0.274. The van der Waals surface area contributed by atoms with E-state index in [1.807, 2.05) is 6.07 Å². The highest BCUT2D eigenvalue weighted by Gasteiger charge is 2.36. The number of anilines is 1. The first kappa shape index (κ1) is 20.2. The van der Waals surface area contributed by atoms with Crippen molar-refractivity contribution < 1.29 is 23.9 Å². The van der Waals surface area contributed by atoms with Gasteiger partial charge >= 0.3 is 0 Å². The molecule has 0 spiro atoms. The molecular formula is C24H20N2O5. The fourth-order valence-corrected chi connectivity index (χ4v) is 3.46. The molecule has 7 heteroatoms. The Balaban J connectivity index is 1.45. The van der Waals surface area contributed by atoms with Crippen molar-refractivity contribution in [3.8, 4) is 11.5 Å². The molecule has 0 aromatic heterocycles. The van der Waals surface area contributed by atoms with E-state index in [0.29, 0.717) is 40.4 Å². The van der Waals surface area contributed by atoms with Crippen molar-refractivity contribution >= 4 is 23.4 Å². The summed E-state index contributed by atoms with van der Waals surface area (Å²) in [7, 11) is 3.11. The monoisotopic (exact) mass is 416 g/mol. The molecule has 1 aliphatic rings. The summed E-state index contributed by atoms with van der Waals surface area (Å²) in [5, 5.41) is 2.84. The number of rotatable bonds is 6. The smallest absolute Gasteiger partial charge is 0.266 e. The van der Waals surface area contributed by atoms with Crippen LogP contribution in [0.5, 0.6) is 11.5 Å². The molecule has 0 fully saturated rings. The van der Waals surface area contributed by atoms with E-state index in [-0.39, 0.29) is 17.7 Å². The van der Waals surface area contributed by atoms with E-state index in [9.17, 15) is 14.4 Å². The molecular weight excluding hydrogens is 396 g/mol. The number of nitrogens with zero attached hydrogens (tertiary/aromatic N) is 1. The number of hydrogen-bond donors (Lipinski definition) is 1. The van der Waals surface area contributed by atoms with E-state index in [2.05, 4.69) is 5.32 Å². The van der Waals surface area contributed by atoms with Crippen LogP contribution in [0.15, 0.2) is 66.7 Å². The average molecular weight is 416 g/mol. The molecule has 0 unspecified atom stereocenters. The Labute approximate surface area is 179 Å². The highest BCUT2D eigenvalue weighted by atomic mass is 16.5. The summed E-state index contributed by atoms with van der Waals surface area (Å²) in [4.78, 5) is 38.8. The minimum Gasteiger partial charge on any atom is -0.493 e. The molecule has 0 bridgehead atoms. The molecule has 7 nitrogen and oxygen atoms in total. The number of nitrogens with one attached hydrogen (secondary N) is 1. The van der Waals surface area contributed by atoms with Gasteiger partial charge in [-0.05, 0) is 54.1 Å². The van der Waals surface area contributed by atoms with Crippen LogP contribution < -0.4 is 19.7 Å². The fourth-order valence-electron chi connectivity index (χ4n) is 3.46. The minimum atomic E-state index is -0.369. The number of methoxy groups -OCH3 is 2. The molecule has 4 rings (SSSR count). The fraction of sp³-hybridized carbons (Fsp3) is 0.125. The lowest BCUT2D eigenvalue weighted by molar-refractivity contribution is 0.0923. The molecule has 31 heavy (non-hydrogen) atoms. The van der Waals surface area contributed by atoms with Gasteiger partial charge in [0.2, 0.25) is 0 Å². The van der Waals surface area contributed by atoms with E-state index < -0.39 is 0 Å². The molecule has 0 radical (unpaired) electrons. The summed E-state index contributed by atoms with van der Waals surface area (Å²) >= 11 is 0. The lowest BCUT2D eigenvalue weighted by Gasteiger charge is -2.14. The van der Waals surface area contributed by atoms with Gasteiger partial charge in [0.25, 0.3) is 17.7 Å². The van der Waals surface area contributed by atoms with Gasteiger partial charge in [-0.1, -0.05) is 18.2 Å². The second kappa shape index (κ2) is 8.31. The first-order chi connectivity index (χ1) is 15.0. The van der Waals surface area contributed by atoms with Crippen molar-refractivity contribution in [2.24, 2.45) is 0 Å². The van der Waals surface area contributed by atoms with Gasteiger partial charge in [-0.3, -0.25) is 14.4 Å². The predicted octanol–water partition coefficient (Wildman–Crippen LogP) is 3.43. The third-order valence-electron chi connectivity index (χ3n) is 5.08. The number of benzene rings is 3. The number of fused-ring (bicyclic) bond motifs is 1. The van der Waals surface area contributed by atoms with E-state index in [1.165, 1.54) is 0 Å². The number of carbonyl (C=O) groups excluding carboxylic acids is 3. The number of hydrogen-bond acceptors (Lipinski definition) is 5. The number of imide groups is 1. The van der Waals surface area contributed by atoms with Crippen molar-refractivity contribution in [2.45, 2.75) is 6.54 Å². The Morgan fingerprint density at radius 3 is 2.03 bits per heavy atom. The van der Waals surface area contributed by atoms with Crippen molar-refractivity contribution in [3.05, 3.63) is 89.0 Å². The lowest BCUT2D eigenvalue weighted by Crippen LogP contribution is -2.29.